The van der Waals surface area contributed by atoms with Gasteiger partial charge in [-0.1, -0.05) is 13.8 Å². The Morgan fingerprint density at radius 3 is 2.70 bits per heavy atom. The fraction of sp³-hybridized carbons (Fsp3) is 0.643. The van der Waals surface area contributed by atoms with Crippen molar-refractivity contribution in [2.75, 3.05) is 11.9 Å². The summed E-state index contributed by atoms with van der Waals surface area (Å²) in [6.07, 6.45) is 1.44. The lowest BCUT2D eigenvalue weighted by atomic mass is 10.0. The van der Waals surface area contributed by atoms with Crippen molar-refractivity contribution < 1.29 is 4.79 Å². The summed E-state index contributed by atoms with van der Waals surface area (Å²) in [7, 11) is 0. The zero-order valence-electron chi connectivity index (χ0n) is 12.4. The summed E-state index contributed by atoms with van der Waals surface area (Å²) in [5, 5.41) is 6.35. The summed E-state index contributed by atoms with van der Waals surface area (Å²) in [5.74, 6) is 2.02. The molecule has 110 valence electrons. The number of hydrogen-bond acceptors (Lipinski definition) is 4. The van der Waals surface area contributed by atoms with Crippen LogP contribution in [0.5, 0.6) is 0 Å². The standard InChI is InChI=1S/C14H21BrN4O/c1-8(2)12-17-9(3)11(15)13(18-12)16-7-14(4)6-5-10(20)19-14/h8H,5-7H2,1-4H3,(H,19,20)(H,16,17,18). The normalized spacial score (nSPS) is 22.2. The van der Waals surface area contributed by atoms with Crippen molar-refractivity contribution in [1.82, 2.24) is 15.3 Å². The number of aryl methyl sites for hydroxylation is 1. The predicted octanol–water partition coefficient (Wildman–Crippen LogP) is 2.75. The van der Waals surface area contributed by atoms with Gasteiger partial charge in [0.1, 0.15) is 11.6 Å². The fourth-order valence-electron chi connectivity index (χ4n) is 2.22. The molecule has 20 heavy (non-hydrogen) atoms. The second-order valence-corrected chi connectivity index (χ2v) is 6.74. The van der Waals surface area contributed by atoms with Crippen molar-refractivity contribution >= 4 is 27.7 Å². The van der Waals surface area contributed by atoms with Gasteiger partial charge in [0, 0.05) is 18.9 Å². The number of halogens is 1. The highest BCUT2D eigenvalue weighted by Crippen LogP contribution is 2.27. The number of hydrogen-bond donors (Lipinski definition) is 2. The first-order chi connectivity index (χ1) is 9.31. The Kier molecular flexibility index (Phi) is 4.32. The minimum atomic E-state index is -0.201. The van der Waals surface area contributed by atoms with E-state index in [2.05, 4.69) is 57.3 Å². The number of aromatic nitrogens is 2. The lowest BCUT2D eigenvalue weighted by Gasteiger charge is -2.25. The predicted molar refractivity (Wildman–Crippen MR) is 82.8 cm³/mol. The molecule has 0 saturated carbocycles. The number of nitrogens with zero attached hydrogens (tertiary/aromatic N) is 2. The highest BCUT2D eigenvalue weighted by Gasteiger charge is 2.33. The number of amides is 1. The Morgan fingerprint density at radius 2 is 2.15 bits per heavy atom. The molecule has 1 atom stereocenters. The quantitative estimate of drug-likeness (QED) is 0.884. The molecule has 1 amide bonds. The molecule has 1 aliphatic rings. The molecule has 2 heterocycles. The van der Waals surface area contributed by atoms with E-state index >= 15 is 0 Å². The molecule has 1 unspecified atom stereocenters. The Bertz CT molecular complexity index is 532. The van der Waals surface area contributed by atoms with Gasteiger partial charge in [0.05, 0.1) is 15.7 Å². The Labute approximate surface area is 128 Å². The van der Waals surface area contributed by atoms with Gasteiger partial charge < -0.3 is 10.6 Å². The van der Waals surface area contributed by atoms with Crippen molar-refractivity contribution in [2.45, 2.75) is 52.0 Å². The van der Waals surface area contributed by atoms with E-state index in [4.69, 9.17) is 0 Å². The summed E-state index contributed by atoms with van der Waals surface area (Å²) in [6, 6.07) is 0. The van der Waals surface area contributed by atoms with Crippen molar-refractivity contribution in [3.63, 3.8) is 0 Å². The molecule has 2 N–H and O–H groups in total. The first-order valence-electron chi connectivity index (χ1n) is 6.90. The average molecular weight is 341 g/mol. The molecule has 2 rings (SSSR count). The van der Waals surface area contributed by atoms with Crippen LogP contribution in [0, 0.1) is 6.92 Å². The maximum Gasteiger partial charge on any atom is 0.220 e. The van der Waals surface area contributed by atoms with Crippen LogP contribution in [0.4, 0.5) is 5.82 Å². The number of nitrogens with one attached hydrogen (secondary N) is 2. The zero-order chi connectivity index (χ0) is 14.9. The van der Waals surface area contributed by atoms with Crippen LogP contribution in [-0.2, 0) is 4.79 Å². The van der Waals surface area contributed by atoms with Crippen LogP contribution in [0.15, 0.2) is 4.47 Å². The van der Waals surface area contributed by atoms with Crippen LogP contribution in [0.3, 0.4) is 0 Å². The van der Waals surface area contributed by atoms with Crippen molar-refractivity contribution in [2.24, 2.45) is 0 Å². The Morgan fingerprint density at radius 1 is 1.45 bits per heavy atom. The van der Waals surface area contributed by atoms with Crippen LogP contribution in [0.1, 0.15) is 51.0 Å². The van der Waals surface area contributed by atoms with E-state index in [1.807, 2.05) is 6.92 Å². The van der Waals surface area contributed by atoms with Gasteiger partial charge in [-0.3, -0.25) is 4.79 Å². The molecule has 5 nitrogen and oxygen atoms in total. The molecule has 0 aromatic carbocycles. The first-order valence-corrected chi connectivity index (χ1v) is 7.69. The van der Waals surface area contributed by atoms with E-state index in [0.717, 1.165) is 28.2 Å². The van der Waals surface area contributed by atoms with Gasteiger partial charge >= 0.3 is 0 Å². The smallest absolute Gasteiger partial charge is 0.220 e. The second-order valence-electron chi connectivity index (χ2n) is 5.95. The zero-order valence-corrected chi connectivity index (χ0v) is 14.0. The van der Waals surface area contributed by atoms with Gasteiger partial charge in [0.2, 0.25) is 5.91 Å². The molecule has 1 aliphatic heterocycles. The molecule has 1 aromatic rings. The molecule has 0 spiro atoms. The van der Waals surface area contributed by atoms with E-state index in [0.29, 0.717) is 13.0 Å². The molecule has 0 bridgehead atoms. The lowest BCUT2D eigenvalue weighted by Crippen LogP contribution is -2.44. The third-order valence-electron chi connectivity index (χ3n) is 3.54. The van der Waals surface area contributed by atoms with E-state index in [1.165, 1.54) is 0 Å². The highest BCUT2D eigenvalue weighted by atomic mass is 79.9. The number of rotatable bonds is 4. The molecule has 0 aliphatic carbocycles. The maximum atomic E-state index is 11.4. The van der Waals surface area contributed by atoms with Gasteiger partial charge in [0.15, 0.2) is 0 Å². The molecule has 1 saturated heterocycles. The lowest BCUT2D eigenvalue weighted by molar-refractivity contribution is -0.119. The summed E-state index contributed by atoms with van der Waals surface area (Å²) in [5.41, 5.74) is 0.722. The van der Waals surface area contributed by atoms with Crippen LogP contribution in [-0.4, -0.2) is 28.0 Å². The van der Waals surface area contributed by atoms with Crippen LogP contribution < -0.4 is 10.6 Å². The highest BCUT2D eigenvalue weighted by molar-refractivity contribution is 9.10. The summed E-state index contributed by atoms with van der Waals surface area (Å²) in [6.45, 7) is 8.82. The number of carbonyl (C=O) groups excluding carboxylic acids is 1. The third-order valence-corrected chi connectivity index (χ3v) is 4.49. The molecule has 1 fully saturated rings. The largest absolute Gasteiger partial charge is 0.367 e. The molecular weight excluding hydrogens is 320 g/mol. The minimum Gasteiger partial charge on any atom is -0.367 e. The molecule has 1 aromatic heterocycles. The SMILES string of the molecule is Cc1nc(C(C)C)nc(NCC2(C)CCC(=O)N2)c1Br. The van der Waals surface area contributed by atoms with Crippen molar-refractivity contribution in [3.8, 4) is 0 Å². The minimum absolute atomic E-state index is 0.120. The maximum absolute atomic E-state index is 11.4. The molecular formula is C14H21BrN4O. The van der Waals surface area contributed by atoms with Crippen molar-refractivity contribution in [1.29, 1.82) is 0 Å². The van der Waals surface area contributed by atoms with Crippen LogP contribution in [0.25, 0.3) is 0 Å². The van der Waals surface area contributed by atoms with E-state index < -0.39 is 0 Å². The van der Waals surface area contributed by atoms with Crippen molar-refractivity contribution in [3.05, 3.63) is 16.0 Å². The van der Waals surface area contributed by atoms with Gasteiger partial charge in [-0.15, -0.1) is 0 Å². The average Bonchev–Trinajstić information content (AvgIpc) is 2.71. The van der Waals surface area contributed by atoms with Crippen LogP contribution >= 0.6 is 15.9 Å². The Hall–Kier alpha value is -1.17. The van der Waals surface area contributed by atoms with Gasteiger partial charge in [-0.25, -0.2) is 9.97 Å². The molecule has 6 heteroatoms. The van der Waals surface area contributed by atoms with Crippen LogP contribution in [0.2, 0.25) is 0 Å². The number of carbonyl (C=O) groups is 1. The number of anilines is 1. The monoisotopic (exact) mass is 340 g/mol. The summed E-state index contributed by atoms with van der Waals surface area (Å²) < 4.78 is 0.884. The third kappa shape index (κ3) is 3.29. The van der Waals surface area contributed by atoms with Gasteiger partial charge in [0.25, 0.3) is 0 Å². The van der Waals surface area contributed by atoms with E-state index in [-0.39, 0.29) is 17.4 Å². The second kappa shape index (κ2) is 5.68. The Balaban J connectivity index is 2.15. The van der Waals surface area contributed by atoms with Gasteiger partial charge in [-0.05, 0) is 36.2 Å². The fourth-order valence-corrected chi connectivity index (χ4v) is 2.54. The van der Waals surface area contributed by atoms with Gasteiger partial charge in [-0.2, -0.15) is 0 Å². The molecule has 0 radical (unpaired) electrons. The van der Waals surface area contributed by atoms with E-state index in [9.17, 15) is 4.79 Å². The van der Waals surface area contributed by atoms with E-state index in [1.54, 1.807) is 0 Å². The summed E-state index contributed by atoms with van der Waals surface area (Å²) in [4.78, 5) is 20.4. The first kappa shape index (κ1) is 15.2. The topological polar surface area (TPSA) is 66.9 Å². The summed E-state index contributed by atoms with van der Waals surface area (Å²) >= 11 is 3.53.